The van der Waals surface area contributed by atoms with E-state index in [1.807, 2.05) is 24.3 Å². The minimum absolute atomic E-state index is 0.00209. The predicted octanol–water partition coefficient (Wildman–Crippen LogP) is 1.11. The lowest BCUT2D eigenvalue weighted by Crippen LogP contribution is -2.41. The van der Waals surface area contributed by atoms with Crippen LogP contribution in [0, 0.1) is 0 Å². The number of hydrogen-bond donors (Lipinski definition) is 2. The Morgan fingerprint density at radius 3 is 3.22 bits per heavy atom. The molecule has 1 amide bonds. The van der Waals surface area contributed by atoms with Crippen molar-refractivity contribution in [2.75, 3.05) is 11.6 Å². The van der Waals surface area contributed by atoms with Crippen molar-refractivity contribution >= 4 is 28.8 Å². The van der Waals surface area contributed by atoms with Crippen LogP contribution >= 0.6 is 11.8 Å². The Kier molecular flexibility index (Phi) is 3.21. The number of benzene rings is 1. The summed E-state index contributed by atoms with van der Waals surface area (Å²) in [5.41, 5.74) is 1.56. The van der Waals surface area contributed by atoms with Gasteiger partial charge in [-0.2, -0.15) is 0 Å². The van der Waals surface area contributed by atoms with Crippen LogP contribution in [0.5, 0.6) is 0 Å². The lowest BCUT2D eigenvalue weighted by Gasteiger charge is -2.08. The lowest BCUT2D eigenvalue weighted by molar-refractivity contribution is -0.122. The maximum atomic E-state index is 11.8. The maximum absolute atomic E-state index is 11.8. The van der Waals surface area contributed by atoms with Crippen molar-refractivity contribution in [1.29, 1.82) is 0 Å². The van der Waals surface area contributed by atoms with E-state index in [2.05, 4.69) is 15.6 Å². The summed E-state index contributed by atoms with van der Waals surface area (Å²) in [6.45, 7) is 0.330. The maximum Gasteiger partial charge on any atom is 0.238 e. The lowest BCUT2D eigenvalue weighted by atomic mass is 10.3. The van der Waals surface area contributed by atoms with E-state index in [9.17, 15) is 4.79 Å². The van der Waals surface area contributed by atoms with Gasteiger partial charge in [0.15, 0.2) is 5.58 Å². The van der Waals surface area contributed by atoms with Gasteiger partial charge in [0.1, 0.15) is 5.52 Å². The second kappa shape index (κ2) is 4.99. The Balaban J connectivity index is 1.63. The van der Waals surface area contributed by atoms with Gasteiger partial charge in [0.2, 0.25) is 11.8 Å². The highest BCUT2D eigenvalue weighted by atomic mass is 32.2. The van der Waals surface area contributed by atoms with Crippen LogP contribution in [0.4, 0.5) is 0 Å². The Morgan fingerprint density at radius 1 is 1.56 bits per heavy atom. The first-order valence-corrected chi connectivity index (χ1v) is 6.92. The van der Waals surface area contributed by atoms with Crippen LogP contribution in [-0.2, 0) is 11.3 Å². The van der Waals surface area contributed by atoms with Gasteiger partial charge in [0.25, 0.3) is 0 Å². The number of rotatable bonds is 3. The monoisotopic (exact) mass is 263 g/mol. The van der Waals surface area contributed by atoms with Gasteiger partial charge in [-0.3, -0.25) is 10.1 Å². The molecule has 6 heteroatoms. The Labute approximate surface area is 108 Å². The molecule has 2 N–H and O–H groups in total. The summed E-state index contributed by atoms with van der Waals surface area (Å²) in [6.07, 6.45) is 0. The second-order valence-electron chi connectivity index (χ2n) is 4.06. The molecular formula is C12H13N3O2S. The van der Waals surface area contributed by atoms with Gasteiger partial charge in [0, 0.05) is 11.6 Å². The normalized spacial score (nSPS) is 19.2. The van der Waals surface area contributed by atoms with Crippen LogP contribution in [0.15, 0.2) is 28.7 Å². The molecule has 1 unspecified atom stereocenters. The summed E-state index contributed by atoms with van der Waals surface area (Å²) in [5, 5.41) is 5.95. The first kappa shape index (κ1) is 11.6. The molecule has 1 aliphatic heterocycles. The second-order valence-corrected chi connectivity index (χ2v) is 5.10. The number of hydrogen-bond acceptors (Lipinski definition) is 5. The number of aromatic nitrogens is 1. The summed E-state index contributed by atoms with van der Waals surface area (Å²) < 4.78 is 5.53. The minimum Gasteiger partial charge on any atom is -0.439 e. The van der Waals surface area contributed by atoms with Crippen LogP contribution in [0.25, 0.3) is 11.1 Å². The molecule has 1 saturated heterocycles. The zero-order valence-electron chi connectivity index (χ0n) is 9.68. The number of carbonyl (C=O) groups is 1. The average molecular weight is 263 g/mol. The number of nitrogens with zero attached hydrogens (tertiary/aromatic N) is 1. The van der Waals surface area contributed by atoms with Crippen molar-refractivity contribution in [3.05, 3.63) is 30.2 Å². The third-order valence-corrected chi connectivity index (χ3v) is 3.72. The Bertz CT molecular complexity index is 530. The van der Waals surface area contributed by atoms with Gasteiger partial charge < -0.3 is 9.73 Å². The minimum atomic E-state index is -0.0978. The van der Waals surface area contributed by atoms with Crippen LogP contribution in [-0.4, -0.2) is 28.6 Å². The van der Waals surface area contributed by atoms with E-state index >= 15 is 0 Å². The van der Waals surface area contributed by atoms with Gasteiger partial charge in [-0.1, -0.05) is 12.1 Å². The third-order valence-electron chi connectivity index (χ3n) is 2.78. The van der Waals surface area contributed by atoms with E-state index in [-0.39, 0.29) is 11.9 Å². The standard InChI is InChI=1S/C12H13N3O2S/c16-12(9-6-18-7-14-9)13-5-11-15-8-3-1-2-4-10(8)17-11/h1-4,9,14H,5-7H2,(H,13,16). The van der Waals surface area contributed by atoms with Crippen molar-refractivity contribution in [3.63, 3.8) is 0 Å². The van der Waals surface area contributed by atoms with Crippen molar-refractivity contribution in [3.8, 4) is 0 Å². The highest BCUT2D eigenvalue weighted by Crippen LogP contribution is 2.14. The molecule has 2 heterocycles. The average Bonchev–Trinajstić information content (AvgIpc) is 3.04. The Hall–Kier alpha value is -1.53. The molecule has 0 spiro atoms. The number of amides is 1. The summed E-state index contributed by atoms with van der Waals surface area (Å²) in [7, 11) is 0. The zero-order valence-corrected chi connectivity index (χ0v) is 10.5. The predicted molar refractivity (Wildman–Crippen MR) is 70.1 cm³/mol. The zero-order chi connectivity index (χ0) is 12.4. The van der Waals surface area contributed by atoms with Gasteiger partial charge in [-0.25, -0.2) is 4.98 Å². The third kappa shape index (κ3) is 2.34. The molecule has 1 aromatic heterocycles. The highest BCUT2D eigenvalue weighted by molar-refractivity contribution is 7.99. The first-order chi connectivity index (χ1) is 8.83. The van der Waals surface area contributed by atoms with Gasteiger partial charge in [0.05, 0.1) is 12.6 Å². The number of para-hydroxylation sites is 2. The largest absolute Gasteiger partial charge is 0.439 e. The van der Waals surface area contributed by atoms with E-state index in [4.69, 9.17) is 4.42 Å². The number of thioether (sulfide) groups is 1. The van der Waals surface area contributed by atoms with Crippen LogP contribution in [0.2, 0.25) is 0 Å². The number of nitrogens with one attached hydrogen (secondary N) is 2. The summed E-state index contributed by atoms with van der Waals surface area (Å²) in [6, 6.07) is 7.46. The molecule has 1 aliphatic rings. The molecule has 3 rings (SSSR count). The smallest absolute Gasteiger partial charge is 0.238 e. The topological polar surface area (TPSA) is 67.2 Å². The van der Waals surface area contributed by atoms with E-state index in [0.29, 0.717) is 12.4 Å². The van der Waals surface area contributed by atoms with E-state index in [0.717, 1.165) is 22.7 Å². The van der Waals surface area contributed by atoms with Gasteiger partial charge in [-0.05, 0) is 12.1 Å². The molecule has 0 radical (unpaired) electrons. The quantitative estimate of drug-likeness (QED) is 0.868. The number of oxazole rings is 1. The first-order valence-electron chi connectivity index (χ1n) is 5.76. The van der Waals surface area contributed by atoms with Gasteiger partial charge in [-0.15, -0.1) is 11.8 Å². The molecule has 2 aromatic rings. The molecular weight excluding hydrogens is 250 g/mol. The highest BCUT2D eigenvalue weighted by Gasteiger charge is 2.22. The molecule has 1 atom stereocenters. The van der Waals surface area contributed by atoms with Crippen LogP contribution in [0.1, 0.15) is 5.89 Å². The molecule has 94 valence electrons. The van der Waals surface area contributed by atoms with Crippen LogP contribution in [0.3, 0.4) is 0 Å². The molecule has 18 heavy (non-hydrogen) atoms. The van der Waals surface area contributed by atoms with Crippen molar-refractivity contribution < 1.29 is 9.21 Å². The summed E-state index contributed by atoms with van der Waals surface area (Å²) in [4.78, 5) is 16.1. The van der Waals surface area contributed by atoms with Crippen LogP contribution < -0.4 is 10.6 Å². The molecule has 5 nitrogen and oxygen atoms in total. The SMILES string of the molecule is O=C(NCc1nc2ccccc2o1)C1CSCN1. The molecule has 1 fully saturated rings. The fourth-order valence-electron chi connectivity index (χ4n) is 1.85. The summed E-state index contributed by atoms with van der Waals surface area (Å²) in [5.74, 6) is 2.19. The van der Waals surface area contributed by atoms with Gasteiger partial charge >= 0.3 is 0 Å². The molecule has 0 aliphatic carbocycles. The number of fused-ring (bicyclic) bond motifs is 1. The Morgan fingerprint density at radius 2 is 2.44 bits per heavy atom. The molecule has 1 aromatic carbocycles. The van der Waals surface area contributed by atoms with E-state index in [1.54, 1.807) is 11.8 Å². The van der Waals surface area contributed by atoms with E-state index in [1.165, 1.54) is 0 Å². The number of carbonyl (C=O) groups excluding carboxylic acids is 1. The summed E-state index contributed by atoms with van der Waals surface area (Å²) >= 11 is 1.72. The van der Waals surface area contributed by atoms with Crippen molar-refractivity contribution in [1.82, 2.24) is 15.6 Å². The fraction of sp³-hybridized carbons (Fsp3) is 0.333. The van der Waals surface area contributed by atoms with Crippen molar-refractivity contribution in [2.24, 2.45) is 0 Å². The molecule has 0 bridgehead atoms. The van der Waals surface area contributed by atoms with Crippen molar-refractivity contribution in [2.45, 2.75) is 12.6 Å². The fourth-order valence-corrected chi connectivity index (χ4v) is 2.79. The molecule has 0 saturated carbocycles. The van der Waals surface area contributed by atoms with E-state index < -0.39 is 0 Å².